The summed E-state index contributed by atoms with van der Waals surface area (Å²) in [5, 5.41) is 2.92. The minimum absolute atomic E-state index is 0.0204. The molecule has 0 bridgehead atoms. The van der Waals surface area contributed by atoms with E-state index in [1.807, 2.05) is 19.1 Å². The molecule has 1 heterocycles. The lowest BCUT2D eigenvalue weighted by atomic mass is 10.2. The number of nitrogens with one attached hydrogen (secondary N) is 1. The molecule has 1 atom stereocenters. The number of nitrogens with zero attached hydrogens (tertiary/aromatic N) is 1. The zero-order valence-electron chi connectivity index (χ0n) is 12.3. The quantitative estimate of drug-likeness (QED) is 0.888. The number of amides is 1. The number of rotatable bonds is 4. The Kier molecular flexibility index (Phi) is 5.41. The van der Waals surface area contributed by atoms with E-state index in [1.165, 1.54) is 31.4 Å². The van der Waals surface area contributed by atoms with Gasteiger partial charge in [0.1, 0.15) is 0 Å². The summed E-state index contributed by atoms with van der Waals surface area (Å²) in [6, 6.07) is 8.00. The van der Waals surface area contributed by atoms with Crippen molar-refractivity contribution in [3.63, 3.8) is 0 Å². The molecule has 110 valence electrons. The Labute approximate surface area is 121 Å². The molecular formula is C16H25N3O. The number of nitrogens with two attached hydrogens (primary N) is 1. The summed E-state index contributed by atoms with van der Waals surface area (Å²) in [5.41, 5.74) is 7.70. The summed E-state index contributed by atoms with van der Waals surface area (Å²) in [5.74, 6) is -0.0204. The monoisotopic (exact) mass is 275 g/mol. The van der Waals surface area contributed by atoms with Crippen molar-refractivity contribution in [3.05, 3.63) is 24.3 Å². The van der Waals surface area contributed by atoms with Gasteiger partial charge < -0.3 is 16.0 Å². The number of carbonyl (C=O) groups is 1. The van der Waals surface area contributed by atoms with Crippen LogP contribution in [0.3, 0.4) is 0 Å². The van der Waals surface area contributed by atoms with E-state index >= 15 is 0 Å². The van der Waals surface area contributed by atoms with Crippen LogP contribution in [-0.2, 0) is 4.79 Å². The van der Waals surface area contributed by atoms with Crippen molar-refractivity contribution in [1.29, 1.82) is 0 Å². The Hall–Kier alpha value is -1.55. The number of benzene rings is 1. The average Bonchev–Trinajstić information content (AvgIpc) is 2.66. The van der Waals surface area contributed by atoms with Gasteiger partial charge in [-0.15, -0.1) is 0 Å². The van der Waals surface area contributed by atoms with Crippen LogP contribution in [0.25, 0.3) is 0 Å². The third kappa shape index (κ3) is 4.53. The van der Waals surface area contributed by atoms with Crippen LogP contribution in [0.4, 0.5) is 11.4 Å². The first-order chi connectivity index (χ1) is 9.65. The molecule has 0 aromatic heterocycles. The summed E-state index contributed by atoms with van der Waals surface area (Å²) in [6.07, 6.45) is 5.50. The normalized spacial score (nSPS) is 17.4. The number of carbonyl (C=O) groups excluding carboxylic acids is 1. The first kappa shape index (κ1) is 14.9. The van der Waals surface area contributed by atoms with Crippen molar-refractivity contribution in [2.75, 3.05) is 23.3 Å². The van der Waals surface area contributed by atoms with Gasteiger partial charge in [0.25, 0.3) is 0 Å². The molecule has 1 amide bonds. The third-order valence-corrected chi connectivity index (χ3v) is 3.61. The Morgan fingerprint density at radius 2 is 2.00 bits per heavy atom. The van der Waals surface area contributed by atoms with Crippen molar-refractivity contribution in [1.82, 2.24) is 0 Å². The van der Waals surface area contributed by atoms with Gasteiger partial charge in [-0.1, -0.05) is 18.9 Å². The van der Waals surface area contributed by atoms with E-state index in [0.29, 0.717) is 6.42 Å². The lowest BCUT2D eigenvalue weighted by molar-refractivity contribution is -0.116. The smallest absolute Gasteiger partial charge is 0.225 e. The molecule has 1 aliphatic heterocycles. The third-order valence-electron chi connectivity index (χ3n) is 3.61. The van der Waals surface area contributed by atoms with Gasteiger partial charge >= 0.3 is 0 Å². The maximum Gasteiger partial charge on any atom is 0.225 e. The van der Waals surface area contributed by atoms with Gasteiger partial charge in [0, 0.05) is 36.9 Å². The highest BCUT2D eigenvalue weighted by molar-refractivity contribution is 5.91. The van der Waals surface area contributed by atoms with Crippen LogP contribution in [-0.4, -0.2) is 25.0 Å². The summed E-state index contributed by atoms with van der Waals surface area (Å²) in [6.45, 7) is 4.06. The van der Waals surface area contributed by atoms with Crippen LogP contribution in [0.2, 0.25) is 0 Å². The highest BCUT2D eigenvalue weighted by Crippen LogP contribution is 2.22. The Morgan fingerprint density at radius 1 is 1.30 bits per heavy atom. The first-order valence-corrected chi connectivity index (χ1v) is 7.55. The minimum atomic E-state index is -0.108. The molecule has 1 aromatic carbocycles. The van der Waals surface area contributed by atoms with Crippen LogP contribution in [0, 0.1) is 0 Å². The molecule has 4 heteroatoms. The van der Waals surface area contributed by atoms with E-state index < -0.39 is 0 Å². The van der Waals surface area contributed by atoms with Crippen molar-refractivity contribution in [2.45, 2.75) is 45.1 Å². The second-order valence-corrected chi connectivity index (χ2v) is 5.68. The fourth-order valence-corrected chi connectivity index (χ4v) is 2.61. The van der Waals surface area contributed by atoms with E-state index in [0.717, 1.165) is 18.8 Å². The molecule has 2 rings (SSSR count). The maximum absolute atomic E-state index is 11.8. The summed E-state index contributed by atoms with van der Waals surface area (Å²) < 4.78 is 0. The molecule has 1 saturated heterocycles. The van der Waals surface area contributed by atoms with E-state index in [1.54, 1.807) is 0 Å². The summed E-state index contributed by atoms with van der Waals surface area (Å²) in [4.78, 5) is 14.2. The van der Waals surface area contributed by atoms with Gasteiger partial charge in [-0.3, -0.25) is 4.79 Å². The average molecular weight is 275 g/mol. The van der Waals surface area contributed by atoms with E-state index in [9.17, 15) is 4.79 Å². The molecule has 0 radical (unpaired) electrons. The fraction of sp³-hybridized carbons (Fsp3) is 0.562. The lowest BCUT2D eigenvalue weighted by Crippen LogP contribution is -2.25. The molecule has 3 N–H and O–H groups in total. The minimum Gasteiger partial charge on any atom is -0.371 e. The van der Waals surface area contributed by atoms with Gasteiger partial charge in [0.15, 0.2) is 0 Å². The molecule has 0 saturated carbocycles. The van der Waals surface area contributed by atoms with Crippen LogP contribution >= 0.6 is 0 Å². The highest BCUT2D eigenvalue weighted by Gasteiger charge is 2.11. The largest absolute Gasteiger partial charge is 0.371 e. The second kappa shape index (κ2) is 7.29. The van der Waals surface area contributed by atoms with Crippen molar-refractivity contribution >= 4 is 17.3 Å². The topological polar surface area (TPSA) is 58.4 Å². The van der Waals surface area contributed by atoms with E-state index in [2.05, 4.69) is 22.3 Å². The molecule has 0 aliphatic carbocycles. The SMILES string of the molecule is CC(N)CC(=O)Nc1cccc(N2CCCCCC2)c1. The predicted molar refractivity (Wildman–Crippen MR) is 84.0 cm³/mol. The van der Waals surface area contributed by atoms with Gasteiger partial charge in [0.05, 0.1) is 0 Å². The van der Waals surface area contributed by atoms with Gasteiger partial charge in [-0.05, 0) is 38.0 Å². The van der Waals surface area contributed by atoms with Gasteiger partial charge in [-0.2, -0.15) is 0 Å². The van der Waals surface area contributed by atoms with Crippen molar-refractivity contribution < 1.29 is 4.79 Å². The Morgan fingerprint density at radius 3 is 2.65 bits per heavy atom. The zero-order chi connectivity index (χ0) is 14.4. The van der Waals surface area contributed by atoms with Crippen LogP contribution in [0.5, 0.6) is 0 Å². The van der Waals surface area contributed by atoms with Gasteiger partial charge in [0.2, 0.25) is 5.91 Å². The summed E-state index contributed by atoms with van der Waals surface area (Å²) >= 11 is 0. The van der Waals surface area contributed by atoms with Crippen LogP contribution < -0.4 is 16.0 Å². The van der Waals surface area contributed by atoms with E-state index in [4.69, 9.17) is 5.73 Å². The molecule has 1 aliphatic rings. The summed E-state index contributed by atoms with van der Waals surface area (Å²) in [7, 11) is 0. The number of hydrogen-bond donors (Lipinski definition) is 2. The Bertz CT molecular complexity index is 437. The predicted octanol–water partition coefficient (Wildman–Crippen LogP) is 2.74. The maximum atomic E-state index is 11.8. The standard InChI is InChI=1S/C16H25N3O/c1-13(17)11-16(20)18-14-7-6-8-15(12-14)19-9-4-2-3-5-10-19/h6-8,12-13H,2-5,9-11,17H2,1H3,(H,18,20). The fourth-order valence-electron chi connectivity index (χ4n) is 2.61. The van der Waals surface area contributed by atoms with E-state index in [-0.39, 0.29) is 11.9 Å². The van der Waals surface area contributed by atoms with Crippen molar-refractivity contribution in [3.8, 4) is 0 Å². The second-order valence-electron chi connectivity index (χ2n) is 5.68. The zero-order valence-corrected chi connectivity index (χ0v) is 12.3. The molecular weight excluding hydrogens is 250 g/mol. The molecule has 1 unspecified atom stereocenters. The lowest BCUT2D eigenvalue weighted by Gasteiger charge is -2.23. The number of hydrogen-bond acceptors (Lipinski definition) is 3. The first-order valence-electron chi connectivity index (χ1n) is 7.55. The van der Waals surface area contributed by atoms with Crippen LogP contribution in [0.1, 0.15) is 39.0 Å². The molecule has 1 fully saturated rings. The molecule has 0 spiro atoms. The molecule has 1 aromatic rings. The molecule has 20 heavy (non-hydrogen) atoms. The Balaban J connectivity index is 2.01. The van der Waals surface area contributed by atoms with Crippen molar-refractivity contribution in [2.24, 2.45) is 5.73 Å². The number of anilines is 2. The van der Waals surface area contributed by atoms with Crippen LogP contribution in [0.15, 0.2) is 24.3 Å². The van der Waals surface area contributed by atoms with Gasteiger partial charge in [-0.25, -0.2) is 0 Å². The molecule has 4 nitrogen and oxygen atoms in total. The highest BCUT2D eigenvalue weighted by atomic mass is 16.1.